The van der Waals surface area contributed by atoms with Crippen molar-refractivity contribution in [3.8, 4) is 23.0 Å². The summed E-state index contributed by atoms with van der Waals surface area (Å²) in [6.07, 6.45) is 0. The van der Waals surface area contributed by atoms with Crippen LogP contribution in [0.2, 0.25) is 0 Å². The van der Waals surface area contributed by atoms with Crippen LogP contribution in [0, 0.1) is 21.7 Å². The van der Waals surface area contributed by atoms with E-state index in [0.717, 1.165) is 0 Å². The van der Waals surface area contributed by atoms with Gasteiger partial charge in [-0.15, -0.1) is 12.4 Å². The topological polar surface area (TPSA) is 174 Å². The number of hydrogen-bond donors (Lipinski definition) is 2. The molecule has 0 aliphatic heterocycles. The van der Waals surface area contributed by atoms with Crippen molar-refractivity contribution in [2.75, 3.05) is 0 Å². The van der Waals surface area contributed by atoms with Crippen LogP contribution >= 0.6 is 12.4 Å². The number of halogens is 1. The van der Waals surface area contributed by atoms with Crippen LogP contribution < -0.4 is 30.4 Å². The molecule has 0 aromatic heterocycles. The largest absolute Gasteiger partial charge is 0.422 e. The second kappa shape index (κ2) is 14.6. The van der Waals surface area contributed by atoms with E-state index in [2.05, 4.69) is 0 Å². The molecule has 2 aromatic carbocycles. The number of rotatable bonds is 8. The highest BCUT2D eigenvalue weighted by atomic mass is 35.5. The van der Waals surface area contributed by atoms with Gasteiger partial charge in [0.05, 0.1) is 21.7 Å². The Morgan fingerprint density at radius 1 is 0.429 bits per heavy atom. The van der Waals surface area contributed by atoms with Crippen molar-refractivity contribution in [1.29, 1.82) is 0 Å². The number of esters is 4. The lowest BCUT2D eigenvalue weighted by Gasteiger charge is -2.34. The SMILES string of the molecule is CC(C)(C)C(=O)Oc1ccc(C(C)(N)C(=O)C(C)(N)c2ccc(OC(=O)C(C)(C)C)c(OC(=O)C(C)(C)C)c2)cc1OC(=O)C(C)(C)C.Cl. The molecular formula is C37H53ClN2O9. The summed E-state index contributed by atoms with van der Waals surface area (Å²) in [4.78, 5) is 65.4. The number of ether oxygens (including phenoxy) is 4. The minimum absolute atomic E-state index is 0. The van der Waals surface area contributed by atoms with E-state index in [0.29, 0.717) is 0 Å². The Hall–Kier alpha value is -3.80. The first-order chi connectivity index (χ1) is 21.4. The predicted molar refractivity (Wildman–Crippen MR) is 189 cm³/mol. The average molecular weight is 705 g/mol. The molecule has 0 saturated carbocycles. The molecule has 12 heteroatoms. The third-order valence-electron chi connectivity index (χ3n) is 7.29. The van der Waals surface area contributed by atoms with Crippen molar-refractivity contribution in [1.82, 2.24) is 0 Å². The van der Waals surface area contributed by atoms with Crippen LogP contribution in [0.1, 0.15) is 108 Å². The van der Waals surface area contributed by atoms with Crippen LogP contribution in [0.5, 0.6) is 23.0 Å². The predicted octanol–water partition coefficient (Wildman–Crippen LogP) is 6.53. The molecule has 0 bridgehead atoms. The molecule has 0 heterocycles. The van der Waals surface area contributed by atoms with E-state index in [1.807, 2.05) is 0 Å². The van der Waals surface area contributed by atoms with E-state index >= 15 is 0 Å². The normalized spacial score (nSPS) is 14.7. The fraction of sp³-hybridized carbons (Fsp3) is 0.541. The molecule has 0 aliphatic rings. The second-order valence-electron chi connectivity index (χ2n) is 16.6. The maximum atomic E-state index is 14.2. The number of Topliss-reactive ketones (excluding diaryl/α,β-unsaturated/α-hetero) is 1. The van der Waals surface area contributed by atoms with Gasteiger partial charge in [0.2, 0.25) is 0 Å². The summed E-state index contributed by atoms with van der Waals surface area (Å²) in [5.41, 5.74) is 6.75. The lowest BCUT2D eigenvalue weighted by molar-refractivity contribution is -0.145. The van der Waals surface area contributed by atoms with Crippen LogP contribution in [0.3, 0.4) is 0 Å². The zero-order chi connectivity index (χ0) is 37.4. The van der Waals surface area contributed by atoms with Gasteiger partial charge in [-0.2, -0.15) is 0 Å². The van der Waals surface area contributed by atoms with E-state index in [1.165, 1.54) is 50.2 Å². The second-order valence-corrected chi connectivity index (χ2v) is 16.6. The third-order valence-corrected chi connectivity index (χ3v) is 7.29. The Balaban J connectivity index is 0.0000120. The van der Waals surface area contributed by atoms with Gasteiger partial charge in [-0.1, -0.05) is 12.1 Å². The smallest absolute Gasteiger partial charge is 0.316 e. The summed E-state index contributed by atoms with van der Waals surface area (Å²) in [5.74, 6) is -3.26. The zero-order valence-electron chi connectivity index (χ0n) is 31.2. The summed E-state index contributed by atoms with van der Waals surface area (Å²) < 4.78 is 22.5. The van der Waals surface area contributed by atoms with Crippen LogP contribution in [0.15, 0.2) is 36.4 Å². The van der Waals surface area contributed by atoms with E-state index in [4.69, 9.17) is 30.4 Å². The summed E-state index contributed by atoms with van der Waals surface area (Å²) >= 11 is 0. The van der Waals surface area contributed by atoms with Gasteiger partial charge in [0.15, 0.2) is 28.8 Å². The van der Waals surface area contributed by atoms with Gasteiger partial charge in [0, 0.05) is 0 Å². The molecule has 2 aromatic rings. The molecule has 2 unspecified atom stereocenters. The minimum Gasteiger partial charge on any atom is -0.422 e. The first-order valence-corrected chi connectivity index (χ1v) is 15.7. The van der Waals surface area contributed by atoms with Crippen molar-refractivity contribution >= 4 is 42.1 Å². The standard InChI is InChI=1S/C37H52N2O9.ClH/c1-32(2,3)28(41)45-23-17-15-21(19-25(23)47-30(43)34(7,8)9)36(13,38)27(40)37(14,39)22-16-18-24(46-29(42)33(4,5)6)26(20-22)48-31(44)35(10,11)12;/h15-20H,38-39H2,1-14H3;1H. The number of hydrogen-bond acceptors (Lipinski definition) is 11. The molecule has 4 N–H and O–H groups in total. The van der Waals surface area contributed by atoms with Gasteiger partial charge in [-0.25, -0.2) is 0 Å². The molecule has 0 aliphatic carbocycles. The summed E-state index contributed by atoms with van der Waals surface area (Å²) in [7, 11) is 0. The molecule has 0 spiro atoms. The van der Waals surface area contributed by atoms with Gasteiger partial charge < -0.3 is 30.4 Å². The summed E-state index contributed by atoms with van der Waals surface area (Å²) in [6.45, 7) is 23.0. The van der Waals surface area contributed by atoms with E-state index in [9.17, 15) is 24.0 Å². The molecular weight excluding hydrogens is 652 g/mol. The van der Waals surface area contributed by atoms with Gasteiger partial charge in [0.25, 0.3) is 0 Å². The summed E-state index contributed by atoms with van der Waals surface area (Å²) in [5, 5.41) is 0. The van der Waals surface area contributed by atoms with Crippen LogP contribution in [0.4, 0.5) is 0 Å². The van der Waals surface area contributed by atoms with Crippen molar-refractivity contribution in [2.24, 2.45) is 33.1 Å². The van der Waals surface area contributed by atoms with E-state index in [1.54, 1.807) is 83.1 Å². The molecule has 2 rings (SSSR count). The number of ketones is 1. The average Bonchev–Trinajstić information content (AvgIpc) is 2.91. The number of carbonyl (C=O) groups excluding carboxylic acids is 5. The third kappa shape index (κ3) is 10.6. The van der Waals surface area contributed by atoms with Crippen molar-refractivity contribution < 1.29 is 42.9 Å². The number of carbonyl (C=O) groups is 5. The number of benzene rings is 2. The highest BCUT2D eigenvalue weighted by molar-refractivity contribution is 5.97. The number of nitrogens with two attached hydrogens (primary N) is 2. The van der Waals surface area contributed by atoms with Crippen LogP contribution in [-0.4, -0.2) is 29.7 Å². The first kappa shape index (κ1) is 43.2. The lowest BCUT2D eigenvalue weighted by atomic mass is 9.76. The monoisotopic (exact) mass is 704 g/mol. The van der Waals surface area contributed by atoms with Gasteiger partial charge in [0.1, 0.15) is 11.1 Å². The quantitative estimate of drug-likeness (QED) is 0.226. The highest BCUT2D eigenvalue weighted by Gasteiger charge is 2.44. The molecule has 0 amide bonds. The zero-order valence-corrected chi connectivity index (χ0v) is 32.0. The minimum atomic E-state index is -1.78. The van der Waals surface area contributed by atoms with Crippen LogP contribution in [0.25, 0.3) is 0 Å². The Morgan fingerprint density at radius 2 is 0.653 bits per heavy atom. The van der Waals surface area contributed by atoms with Crippen molar-refractivity contribution in [3.05, 3.63) is 47.5 Å². The lowest BCUT2D eigenvalue weighted by Crippen LogP contribution is -2.55. The molecule has 0 saturated heterocycles. The van der Waals surface area contributed by atoms with Crippen LogP contribution in [-0.2, 0) is 35.1 Å². The highest BCUT2D eigenvalue weighted by Crippen LogP contribution is 2.39. The van der Waals surface area contributed by atoms with Crippen molar-refractivity contribution in [2.45, 2.75) is 108 Å². The van der Waals surface area contributed by atoms with E-state index in [-0.39, 0.29) is 46.5 Å². The maximum absolute atomic E-state index is 14.2. The molecule has 0 radical (unpaired) electrons. The van der Waals surface area contributed by atoms with Gasteiger partial charge in [-0.05, 0) is 132 Å². The Morgan fingerprint density at radius 3 is 0.878 bits per heavy atom. The van der Waals surface area contributed by atoms with E-state index < -0.39 is 62.4 Å². The maximum Gasteiger partial charge on any atom is 0.316 e. The molecule has 0 fully saturated rings. The molecule has 11 nitrogen and oxygen atoms in total. The molecule has 49 heavy (non-hydrogen) atoms. The molecule has 272 valence electrons. The summed E-state index contributed by atoms with van der Waals surface area (Å²) in [6, 6.07) is 8.51. The fourth-order valence-corrected chi connectivity index (χ4v) is 3.80. The van der Waals surface area contributed by atoms with Crippen molar-refractivity contribution in [3.63, 3.8) is 0 Å². The Labute approximate surface area is 296 Å². The van der Waals surface area contributed by atoms with Gasteiger partial charge in [-0.3, -0.25) is 24.0 Å². The Kier molecular flexibility index (Phi) is 12.9. The van der Waals surface area contributed by atoms with Gasteiger partial charge >= 0.3 is 23.9 Å². The first-order valence-electron chi connectivity index (χ1n) is 15.7. The fourth-order valence-electron chi connectivity index (χ4n) is 3.80. The molecule has 2 atom stereocenters. The Bertz CT molecular complexity index is 1480.